The Balaban J connectivity index is 2.85. The third-order valence-electron chi connectivity index (χ3n) is 1.99. The zero-order valence-corrected chi connectivity index (χ0v) is 10.4. The van der Waals surface area contributed by atoms with Gasteiger partial charge in [0.25, 0.3) is 0 Å². The Bertz CT molecular complexity index is 418. The molecule has 0 saturated carbocycles. The van der Waals surface area contributed by atoms with Crippen LogP contribution in [0.1, 0.15) is 22.3 Å². The van der Waals surface area contributed by atoms with Gasteiger partial charge in [-0.05, 0) is 24.6 Å². The molecule has 0 fully saturated rings. The molecule has 0 radical (unpaired) electrons. The van der Waals surface area contributed by atoms with Crippen molar-refractivity contribution in [1.82, 2.24) is 0 Å². The van der Waals surface area contributed by atoms with Crippen molar-refractivity contribution >= 4 is 28.1 Å². The van der Waals surface area contributed by atoms with Crippen LogP contribution in [0.25, 0.3) is 0 Å². The Morgan fingerprint density at radius 1 is 1.56 bits per heavy atom. The van der Waals surface area contributed by atoms with Crippen LogP contribution in [0.4, 0.5) is 0 Å². The molecule has 0 spiro atoms. The molecule has 0 unspecified atom stereocenters. The number of nitrogens with two attached hydrogens (primary N) is 1. The lowest BCUT2D eigenvalue weighted by Gasteiger charge is -2.11. The van der Waals surface area contributed by atoms with Gasteiger partial charge in [0.15, 0.2) is 6.29 Å². The summed E-state index contributed by atoms with van der Waals surface area (Å²) >= 11 is 3.29. The molecule has 2 N–H and O–H groups in total. The van der Waals surface area contributed by atoms with Gasteiger partial charge in [-0.25, -0.2) is 0 Å². The highest BCUT2D eigenvalue weighted by Crippen LogP contribution is 2.26. The van der Waals surface area contributed by atoms with Gasteiger partial charge in [0.05, 0.1) is 18.6 Å². The first-order chi connectivity index (χ1) is 7.54. The van der Waals surface area contributed by atoms with Gasteiger partial charge in [-0.1, -0.05) is 15.9 Å². The van der Waals surface area contributed by atoms with E-state index in [-0.39, 0.29) is 13.0 Å². The zero-order valence-electron chi connectivity index (χ0n) is 8.83. The van der Waals surface area contributed by atoms with Crippen LogP contribution in [-0.4, -0.2) is 18.8 Å². The number of carbonyl (C=O) groups is 2. The quantitative estimate of drug-likeness (QED) is 0.839. The lowest BCUT2D eigenvalue weighted by Crippen LogP contribution is -2.15. The Morgan fingerprint density at radius 3 is 2.81 bits per heavy atom. The smallest absolute Gasteiger partial charge is 0.220 e. The first kappa shape index (κ1) is 12.7. The van der Waals surface area contributed by atoms with E-state index in [2.05, 4.69) is 15.9 Å². The summed E-state index contributed by atoms with van der Waals surface area (Å²) in [6.07, 6.45) is 0.852. The number of rotatable bonds is 5. The number of carbonyl (C=O) groups excluding carboxylic acids is 2. The SMILES string of the molecule is Cc1cc(Br)cc(C=O)c1OCCC(N)=O. The van der Waals surface area contributed by atoms with Crippen molar-refractivity contribution in [2.24, 2.45) is 5.73 Å². The molecule has 4 nitrogen and oxygen atoms in total. The van der Waals surface area contributed by atoms with Crippen molar-refractivity contribution in [2.75, 3.05) is 6.61 Å². The fourth-order valence-corrected chi connectivity index (χ4v) is 1.88. The van der Waals surface area contributed by atoms with E-state index in [1.807, 2.05) is 13.0 Å². The molecule has 0 aliphatic carbocycles. The molecule has 1 rings (SSSR count). The summed E-state index contributed by atoms with van der Waals surface area (Å²) in [6, 6.07) is 3.51. The molecule has 16 heavy (non-hydrogen) atoms. The average molecular weight is 286 g/mol. The Kier molecular flexibility index (Phi) is 4.49. The van der Waals surface area contributed by atoms with Crippen LogP contribution >= 0.6 is 15.9 Å². The molecule has 0 aliphatic rings. The fraction of sp³-hybridized carbons (Fsp3) is 0.273. The molecule has 1 aromatic carbocycles. The summed E-state index contributed by atoms with van der Waals surface area (Å²) in [7, 11) is 0. The van der Waals surface area contributed by atoms with Gasteiger partial charge in [-0.2, -0.15) is 0 Å². The third kappa shape index (κ3) is 3.34. The second kappa shape index (κ2) is 5.65. The summed E-state index contributed by atoms with van der Waals surface area (Å²) in [6.45, 7) is 2.01. The highest BCUT2D eigenvalue weighted by atomic mass is 79.9. The van der Waals surface area contributed by atoms with E-state index in [0.29, 0.717) is 11.3 Å². The van der Waals surface area contributed by atoms with Crippen LogP contribution < -0.4 is 10.5 Å². The lowest BCUT2D eigenvalue weighted by atomic mass is 10.1. The molecule has 1 aromatic rings. The molecule has 0 aromatic heterocycles. The highest BCUT2D eigenvalue weighted by molar-refractivity contribution is 9.10. The third-order valence-corrected chi connectivity index (χ3v) is 2.45. The maximum atomic E-state index is 10.8. The minimum atomic E-state index is -0.428. The molecule has 0 aliphatic heterocycles. The number of halogens is 1. The van der Waals surface area contributed by atoms with Crippen LogP contribution in [0.2, 0.25) is 0 Å². The summed E-state index contributed by atoms with van der Waals surface area (Å²) < 4.78 is 6.19. The first-order valence-corrected chi connectivity index (χ1v) is 5.50. The van der Waals surface area contributed by atoms with Crippen LogP contribution in [-0.2, 0) is 4.79 Å². The van der Waals surface area contributed by atoms with Crippen molar-refractivity contribution in [2.45, 2.75) is 13.3 Å². The number of ether oxygens (including phenoxy) is 1. The highest BCUT2D eigenvalue weighted by Gasteiger charge is 2.08. The van der Waals surface area contributed by atoms with Crippen LogP contribution in [0.3, 0.4) is 0 Å². The predicted molar refractivity (Wildman–Crippen MR) is 63.6 cm³/mol. The van der Waals surface area contributed by atoms with Gasteiger partial charge in [0, 0.05) is 4.47 Å². The number of aryl methyl sites for hydroxylation is 1. The molecule has 0 atom stereocenters. The van der Waals surface area contributed by atoms with Crippen molar-refractivity contribution in [1.29, 1.82) is 0 Å². The van der Waals surface area contributed by atoms with E-state index in [9.17, 15) is 9.59 Å². The molecule has 0 bridgehead atoms. The van der Waals surface area contributed by atoms with Crippen molar-refractivity contribution in [3.63, 3.8) is 0 Å². The molecule has 0 saturated heterocycles. The minimum Gasteiger partial charge on any atom is -0.492 e. The van der Waals surface area contributed by atoms with E-state index < -0.39 is 5.91 Å². The zero-order chi connectivity index (χ0) is 12.1. The van der Waals surface area contributed by atoms with E-state index in [1.54, 1.807) is 6.07 Å². The molecule has 0 heterocycles. The van der Waals surface area contributed by atoms with Gasteiger partial charge < -0.3 is 10.5 Å². The maximum Gasteiger partial charge on any atom is 0.220 e. The van der Waals surface area contributed by atoms with Gasteiger partial charge in [-0.3, -0.25) is 9.59 Å². The number of hydrogen-bond acceptors (Lipinski definition) is 3. The second-order valence-corrected chi connectivity index (χ2v) is 4.24. The molecule has 5 heteroatoms. The van der Waals surface area contributed by atoms with Gasteiger partial charge in [-0.15, -0.1) is 0 Å². The van der Waals surface area contributed by atoms with Crippen LogP contribution in [0.15, 0.2) is 16.6 Å². The summed E-state index contributed by atoms with van der Waals surface area (Å²) in [5.41, 5.74) is 6.28. The molecular weight excluding hydrogens is 274 g/mol. The van der Waals surface area contributed by atoms with Gasteiger partial charge in [0.1, 0.15) is 5.75 Å². The summed E-state index contributed by atoms with van der Waals surface area (Å²) in [5.74, 6) is 0.0712. The average Bonchev–Trinajstić information content (AvgIpc) is 2.20. The van der Waals surface area contributed by atoms with E-state index in [4.69, 9.17) is 10.5 Å². The summed E-state index contributed by atoms with van der Waals surface area (Å²) in [5, 5.41) is 0. The second-order valence-electron chi connectivity index (χ2n) is 3.32. The fourth-order valence-electron chi connectivity index (χ4n) is 1.29. The predicted octanol–water partition coefficient (Wildman–Crippen LogP) is 1.82. The molecular formula is C11H12BrNO3. The number of primary amides is 1. The Hall–Kier alpha value is -1.36. The van der Waals surface area contributed by atoms with Crippen molar-refractivity contribution in [3.8, 4) is 5.75 Å². The van der Waals surface area contributed by atoms with E-state index >= 15 is 0 Å². The molecule has 86 valence electrons. The summed E-state index contributed by atoms with van der Waals surface area (Å²) in [4.78, 5) is 21.4. The Labute approximate surface area is 102 Å². The number of hydrogen-bond donors (Lipinski definition) is 1. The van der Waals surface area contributed by atoms with Gasteiger partial charge in [0.2, 0.25) is 5.91 Å². The first-order valence-electron chi connectivity index (χ1n) is 4.71. The van der Waals surface area contributed by atoms with Crippen molar-refractivity contribution < 1.29 is 14.3 Å². The monoisotopic (exact) mass is 285 g/mol. The maximum absolute atomic E-state index is 10.8. The van der Waals surface area contributed by atoms with Crippen LogP contribution in [0, 0.1) is 6.92 Å². The van der Waals surface area contributed by atoms with Crippen LogP contribution in [0.5, 0.6) is 5.75 Å². The van der Waals surface area contributed by atoms with E-state index in [0.717, 1.165) is 16.3 Å². The normalized spacial score (nSPS) is 9.88. The van der Waals surface area contributed by atoms with Crippen molar-refractivity contribution in [3.05, 3.63) is 27.7 Å². The topological polar surface area (TPSA) is 69.4 Å². The number of amides is 1. The standard InChI is InChI=1S/C11H12BrNO3/c1-7-4-9(12)5-8(6-14)11(7)16-3-2-10(13)15/h4-6H,2-3H2,1H3,(H2,13,15). The minimum absolute atomic E-state index is 0.133. The largest absolute Gasteiger partial charge is 0.492 e. The number of benzene rings is 1. The number of aldehydes is 1. The lowest BCUT2D eigenvalue weighted by molar-refractivity contribution is -0.118. The van der Waals surface area contributed by atoms with E-state index in [1.165, 1.54) is 0 Å². The Morgan fingerprint density at radius 2 is 2.25 bits per heavy atom. The molecule has 1 amide bonds. The van der Waals surface area contributed by atoms with Gasteiger partial charge >= 0.3 is 0 Å².